The number of aliphatic hydroxyl groups is 1. The summed E-state index contributed by atoms with van der Waals surface area (Å²) in [5.74, 6) is -0.244. The number of esters is 1. The second-order valence-corrected chi connectivity index (χ2v) is 8.46. The van der Waals surface area contributed by atoms with Gasteiger partial charge in [0, 0.05) is 22.7 Å². The van der Waals surface area contributed by atoms with Crippen molar-refractivity contribution >= 4 is 42.0 Å². The van der Waals surface area contributed by atoms with E-state index in [-0.39, 0.29) is 18.0 Å². The Labute approximate surface area is 195 Å². The first-order chi connectivity index (χ1) is 15.0. The van der Waals surface area contributed by atoms with Crippen LogP contribution in [0.2, 0.25) is 5.02 Å². The van der Waals surface area contributed by atoms with Crippen LogP contribution in [0.25, 0.3) is 6.08 Å². The fourth-order valence-corrected chi connectivity index (χ4v) is 5.29. The largest absolute Gasteiger partial charge is 0.467 e. The van der Waals surface area contributed by atoms with E-state index in [1.54, 1.807) is 6.26 Å². The van der Waals surface area contributed by atoms with Crippen LogP contribution in [0, 0.1) is 0 Å². The molecule has 0 unspecified atom stereocenters. The van der Waals surface area contributed by atoms with Crippen molar-refractivity contribution in [1.82, 2.24) is 0 Å². The molecule has 0 amide bonds. The molecule has 2 aromatic rings. The molecule has 0 aliphatic heterocycles. The number of fused-ring (bicyclic) bond motifs is 2. The smallest absolute Gasteiger partial charge is 0.331 e. The molecule has 31 heavy (non-hydrogen) atoms. The highest BCUT2D eigenvalue weighted by atomic mass is 35.5. The Morgan fingerprint density at radius 2 is 1.84 bits per heavy atom. The second-order valence-electron chi connectivity index (χ2n) is 8.02. The molecular weight excluding hydrogens is 430 g/mol. The quantitative estimate of drug-likeness (QED) is 0.408. The molecule has 0 radical (unpaired) electrons. The van der Waals surface area contributed by atoms with Gasteiger partial charge in [-0.15, -0.1) is 0 Å². The van der Waals surface area contributed by atoms with E-state index in [9.17, 15) is 9.90 Å². The standard InChI is InChI=1S/C24H26ClNO3.CH4S/c1-29-22(28)24(26-20-7-4-6-19(25)16-20)12-10-23(11-13-24)18(9-14-27)15-17-5-2-3-8-21(17)23;1-2/h2-8,15-16,26-27H,9-14H2,1H3;2H,1H3. The Hall–Kier alpha value is -1.95. The summed E-state index contributed by atoms with van der Waals surface area (Å²) >= 11 is 9.67. The van der Waals surface area contributed by atoms with E-state index in [0.29, 0.717) is 24.3 Å². The van der Waals surface area contributed by atoms with Crippen molar-refractivity contribution in [1.29, 1.82) is 0 Å². The van der Waals surface area contributed by atoms with Crippen LogP contribution < -0.4 is 5.32 Å². The van der Waals surface area contributed by atoms with Crippen molar-refractivity contribution < 1.29 is 14.6 Å². The Balaban J connectivity index is 0.00000132. The maximum atomic E-state index is 12.9. The number of hydrogen-bond acceptors (Lipinski definition) is 5. The third-order valence-electron chi connectivity index (χ3n) is 6.54. The topological polar surface area (TPSA) is 58.6 Å². The van der Waals surface area contributed by atoms with Gasteiger partial charge in [0.25, 0.3) is 0 Å². The van der Waals surface area contributed by atoms with Gasteiger partial charge in [-0.2, -0.15) is 12.6 Å². The molecule has 1 spiro atoms. The third kappa shape index (κ3) is 4.50. The average molecular weight is 460 g/mol. The zero-order valence-corrected chi connectivity index (χ0v) is 19.7. The minimum Gasteiger partial charge on any atom is -0.467 e. The van der Waals surface area contributed by atoms with Crippen LogP contribution in [0.4, 0.5) is 5.69 Å². The molecule has 0 atom stereocenters. The van der Waals surface area contributed by atoms with Crippen LogP contribution in [0.3, 0.4) is 0 Å². The van der Waals surface area contributed by atoms with E-state index in [2.05, 4.69) is 42.2 Å². The van der Waals surface area contributed by atoms with Gasteiger partial charge in [0.2, 0.25) is 0 Å². The van der Waals surface area contributed by atoms with E-state index in [4.69, 9.17) is 16.3 Å². The zero-order valence-electron chi connectivity index (χ0n) is 18.0. The summed E-state index contributed by atoms with van der Waals surface area (Å²) in [5.41, 5.74) is 3.72. The van der Waals surface area contributed by atoms with Gasteiger partial charge in [-0.3, -0.25) is 0 Å². The maximum absolute atomic E-state index is 12.9. The van der Waals surface area contributed by atoms with Crippen LogP contribution in [0.1, 0.15) is 43.2 Å². The first-order valence-corrected chi connectivity index (χ1v) is 11.8. The number of carbonyl (C=O) groups is 1. The first kappa shape index (κ1) is 23.7. The molecule has 2 N–H and O–H groups in total. The van der Waals surface area contributed by atoms with Crippen molar-refractivity contribution in [3.05, 3.63) is 70.3 Å². The Morgan fingerprint density at radius 3 is 2.48 bits per heavy atom. The number of halogens is 1. The molecule has 0 saturated heterocycles. The van der Waals surface area contributed by atoms with Gasteiger partial charge < -0.3 is 15.2 Å². The summed E-state index contributed by atoms with van der Waals surface area (Å²) in [6.45, 7) is 0.129. The highest BCUT2D eigenvalue weighted by Gasteiger charge is 2.51. The molecule has 2 aliphatic rings. The minimum atomic E-state index is -0.785. The SMILES string of the molecule is COC(=O)C1(Nc2cccc(Cl)c2)CCC2(CC1)C(CCO)=Cc1ccccc12.CS. The summed E-state index contributed by atoms with van der Waals surface area (Å²) in [4.78, 5) is 12.9. The van der Waals surface area contributed by atoms with Gasteiger partial charge in [-0.25, -0.2) is 4.79 Å². The normalized spacial score (nSPS) is 24.0. The molecule has 0 heterocycles. The predicted octanol–water partition coefficient (Wildman–Crippen LogP) is 5.50. The summed E-state index contributed by atoms with van der Waals surface area (Å²) in [5, 5.41) is 13.7. The van der Waals surface area contributed by atoms with E-state index in [1.165, 1.54) is 23.8 Å². The van der Waals surface area contributed by atoms with E-state index >= 15 is 0 Å². The number of carbonyl (C=O) groups excluding carboxylic acids is 1. The monoisotopic (exact) mass is 459 g/mol. The van der Waals surface area contributed by atoms with Crippen molar-refractivity contribution in [2.75, 3.05) is 25.3 Å². The fraction of sp³-hybridized carbons (Fsp3) is 0.400. The van der Waals surface area contributed by atoms with Crippen LogP contribution in [0.15, 0.2) is 54.1 Å². The van der Waals surface area contributed by atoms with E-state index in [1.807, 2.05) is 30.3 Å². The molecule has 4 nitrogen and oxygen atoms in total. The minimum absolute atomic E-state index is 0.118. The summed E-state index contributed by atoms with van der Waals surface area (Å²) in [7, 11) is 1.44. The van der Waals surface area contributed by atoms with Gasteiger partial charge in [-0.05, 0) is 67.7 Å². The summed E-state index contributed by atoms with van der Waals surface area (Å²) < 4.78 is 5.20. The Bertz CT molecular complexity index is 951. The number of benzene rings is 2. The number of aliphatic hydroxyl groups excluding tert-OH is 1. The number of anilines is 1. The predicted molar refractivity (Wildman–Crippen MR) is 131 cm³/mol. The van der Waals surface area contributed by atoms with Crippen molar-refractivity contribution in [3.8, 4) is 0 Å². The summed E-state index contributed by atoms with van der Waals surface area (Å²) in [6, 6.07) is 15.9. The lowest BCUT2D eigenvalue weighted by molar-refractivity contribution is -0.147. The average Bonchev–Trinajstić information content (AvgIpc) is 3.10. The van der Waals surface area contributed by atoms with Gasteiger partial charge in [-0.1, -0.05) is 53.6 Å². The number of rotatable bonds is 5. The zero-order chi connectivity index (χ0) is 22.5. The van der Waals surface area contributed by atoms with Crippen LogP contribution in [0.5, 0.6) is 0 Å². The molecule has 2 aromatic carbocycles. The van der Waals surface area contributed by atoms with Crippen LogP contribution in [-0.4, -0.2) is 36.6 Å². The number of methoxy groups -OCH3 is 1. The maximum Gasteiger partial charge on any atom is 0.331 e. The number of nitrogens with one attached hydrogen (secondary N) is 1. The lowest BCUT2D eigenvalue weighted by atomic mass is 9.62. The number of thiol groups is 1. The van der Waals surface area contributed by atoms with Crippen LogP contribution >= 0.6 is 24.2 Å². The third-order valence-corrected chi connectivity index (χ3v) is 6.78. The molecule has 0 aromatic heterocycles. The van der Waals surface area contributed by atoms with Gasteiger partial charge in [0.15, 0.2) is 0 Å². The Kier molecular flexibility index (Phi) is 7.73. The highest BCUT2D eigenvalue weighted by Crippen LogP contribution is 2.54. The highest BCUT2D eigenvalue weighted by molar-refractivity contribution is 7.79. The molecule has 4 rings (SSSR count). The second kappa shape index (κ2) is 10.1. The first-order valence-electron chi connectivity index (χ1n) is 10.5. The number of ether oxygens (including phenoxy) is 1. The van der Waals surface area contributed by atoms with Crippen molar-refractivity contribution in [2.45, 2.75) is 43.1 Å². The van der Waals surface area contributed by atoms with Crippen LogP contribution in [-0.2, 0) is 14.9 Å². The van der Waals surface area contributed by atoms with E-state index in [0.717, 1.165) is 18.5 Å². The van der Waals surface area contributed by atoms with Gasteiger partial charge >= 0.3 is 5.97 Å². The number of hydrogen-bond donors (Lipinski definition) is 3. The molecule has 6 heteroatoms. The fourth-order valence-electron chi connectivity index (χ4n) is 5.10. The molecule has 2 aliphatic carbocycles. The molecule has 166 valence electrons. The Morgan fingerprint density at radius 1 is 1.13 bits per heavy atom. The van der Waals surface area contributed by atoms with Crippen molar-refractivity contribution in [2.24, 2.45) is 0 Å². The van der Waals surface area contributed by atoms with Crippen molar-refractivity contribution in [3.63, 3.8) is 0 Å². The van der Waals surface area contributed by atoms with Gasteiger partial charge in [0.05, 0.1) is 7.11 Å². The van der Waals surface area contributed by atoms with E-state index < -0.39 is 5.54 Å². The summed E-state index contributed by atoms with van der Waals surface area (Å²) in [6.07, 6.45) is 7.49. The lowest BCUT2D eigenvalue weighted by Crippen LogP contribution is -2.52. The molecule has 0 bridgehead atoms. The van der Waals surface area contributed by atoms with Gasteiger partial charge in [0.1, 0.15) is 5.54 Å². The molecular formula is C25H30ClNO3S. The molecule has 1 saturated carbocycles. The molecule has 1 fully saturated rings. The lowest BCUT2D eigenvalue weighted by Gasteiger charge is -2.46.